The largest absolute Gasteiger partial charge is 0.508 e. The number of benzene rings is 2. The van der Waals surface area contributed by atoms with E-state index >= 15 is 0 Å². The zero-order valence-corrected chi connectivity index (χ0v) is 11.8. The minimum atomic E-state index is -0.704. The number of phenolic OH excluding ortho intramolecular Hbond substituents is 1. The first-order valence-electron chi connectivity index (χ1n) is 6.71. The van der Waals surface area contributed by atoms with E-state index in [1.54, 1.807) is 6.07 Å². The number of ether oxygens (including phenoxy) is 1. The molecule has 3 rings (SSSR count). The van der Waals surface area contributed by atoms with Crippen molar-refractivity contribution >= 4 is 16.9 Å². The predicted molar refractivity (Wildman–Crippen MR) is 79.7 cm³/mol. The van der Waals surface area contributed by atoms with Crippen LogP contribution < -0.4 is 5.63 Å². The van der Waals surface area contributed by atoms with E-state index in [2.05, 4.69) is 0 Å². The minimum absolute atomic E-state index is 0.0467. The van der Waals surface area contributed by atoms with Gasteiger partial charge in [-0.05, 0) is 30.3 Å². The molecule has 2 aromatic carbocycles. The lowest BCUT2D eigenvalue weighted by atomic mass is 10.1. The highest BCUT2D eigenvalue weighted by atomic mass is 19.1. The third-order valence-electron chi connectivity index (χ3n) is 3.23. The molecule has 0 aliphatic carbocycles. The van der Waals surface area contributed by atoms with Crippen LogP contribution in [-0.4, -0.2) is 11.1 Å². The molecule has 0 amide bonds. The zero-order chi connectivity index (χ0) is 16.4. The summed E-state index contributed by atoms with van der Waals surface area (Å²) in [6.45, 7) is -0.178. The van der Waals surface area contributed by atoms with Gasteiger partial charge in [-0.15, -0.1) is 0 Å². The van der Waals surface area contributed by atoms with Gasteiger partial charge in [0, 0.05) is 23.1 Å². The second-order valence-electron chi connectivity index (χ2n) is 4.86. The number of phenols is 1. The average molecular weight is 314 g/mol. The van der Waals surface area contributed by atoms with Gasteiger partial charge in [0.15, 0.2) is 0 Å². The van der Waals surface area contributed by atoms with Gasteiger partial charge in [-0.25, -0.2) is 14.0 Å². The maximum atomic E-state index is 13.1. The Hall–Kier alpha value is -3.15. The van der Waals surface area contributed by atoms with Crippen LogP contribution in [0.5, 0.6) is 5.75 Å². The van der Waals surface area contributed by atoms with Gasteiger partial charge in [0.05, 0.1) is 5.56 Å². The Morgan fingerprint density at radius 1 is 1.17 bits per heavy atom. The highest BCUT2D eigenvalue weighted by Gasteiger charge is 2.11. The van der Waals surface area contributed by atoms with Crippen molar-refractivity contribution in [2.24, 2.45) is 0 Å². The molecule has 0 saturated carbocycles. The number of rotatable bonds is 3. The number of carbonyl (C=O) groups is 1. The molecule has 1 aromatic heterocycles. The molecule has 1 N–H and O–H groups in total. The number of hydrogen-bond donors (Lipinski definition) is 1. The molecular weight excluding hydrogens is 303 g/mol. The first kappa shape index (κ1) is 14.8. The number of halogens is 1. The van der Waals surface area contributed by atoms with Gasteiger partial charge in [0.2, 0.25) is 0 Å². The van der Waals surface area contributed by atoms with E-state index < -0.39 is 17.4 Å². The second-order valence-corrected chi connectivity index (χ2v) is 4.86. The lowest BCUT2D eigenvalue weighted by molar-refractivity contribution is 0.0473. The topological polar surface area (TPSA) is 76.7 Å². The van der Waals surface area contributed by atoms with Crippen molar-refractivity contribution in [3.63, 3.8) is 0 Å². The summed E-state index contributed by atoms with van der Waals surface area (Å²) in [5, 5.41) is 9.96. The maximum absolute atomic E-state index is 13.1. The molecule has 3 aromatic rings. The Bertz CT molecular complexity index is 945. The third kappa shape index (κ3) is 3.21. The van der Waals surface area contributed by atoms with Crippen molar-refractivity contribution in [1.29, 1.82) is 0 Å². The van der Waals surface area contributed by atoms with E-state index in [4.69, 9.17) is 9.15 Å². The molecule has 5 nitrogen and oxygen atoms in total. The Kier molecular flexibility index (Phi) is 3.80. The number of fused-ring (bicyclic) bond motifs is 1. The fraction of sp³-hybridized carbons (Fsp3) is 0.0588. The fourth-order valence-corrected chi connectivity index (χ4v) is 2.18. The minimum Gasteiger partial charge on any atom is -0.508 e. The first-order valence-corrected chi connectivity index (χ1v) is 6.71. The lowest BCUT2D eigenvalue weighted by Crippen LogP contribution is -2.08. The molecule has 6 heteroatoms. The predicted octanol–water partition coefficient (Wildman–Crippen LogP) is 2.99. The highest BCUT2D eigenvalue weighted by Crippen LogP contribution is 2.22. The van der Waals surface area contributed by atoms with Gasteiger partial charge in [-0.3, -0.25) is 0 Å². The van der Waals surface area contributed by atoms with Crippen LogP contribution in [0.1, 0.15) is 15.9 Å². The Balaban J connectivity index is 1.87. The van der Waals surface area contributed by atoms with E-state index in [1.165, 1.54) is 36.4 Å². The van der Waals surface area contributed by atoms with Crippen molar-refractivity contribution in [2.45, 2.75) is 6.61 Å². The molecule has 0 unspecified atom stereocenters. The summed E-state index contributed by atoms with van der Waals surface area (Å²) < 4.78 is 23.2. The quantitative estimate of drug-likeness (QED) is 0.594. The van der Waals surface area contributed by atoms with Crippen molar-refractivity contribution in [3.8, 4) is 5.75 Å². The molecule has 0 saturated heterocycles. The van der Waals surface area contributed by atoms with Crippen LogP contribution in [0, 0.1) is 5.82 Å². The van der Waals surface area contributed by atoms with Gasteiger partial charge in [0.25, 0.3) is 0 Å². The Morgan fingerprint density at radius 3 is 2.78 bits per heavy atom. The van der Waals surface area contributed by atoms with E-state index in [9.17, 15) is 19.1 Å². The monoisotopic (exact) mass is 314 g/mol. The molecule has 0 bridgehead atoms. The van der Waals surface area contributed by atoms with Crippen LogP contribution in [0.4, 0.5) is 4.39 Å². The summed E-state index contributed by atoms with van der Waals surface area (Å²) in [5.41, 5.74) is 0.0742. The van der Waals surface area contributed by atoms with Gasteiger partial charge in [-0.1, -0.05) is 6.07 Å². The van der Waals surface area contributed by atoms with Gasteiger partial charge >= 0.3 is 11.6 Å². The van der Waals surface area contributed by atoms with Gasteiger partial charge in [-0.2, -0.15) is 0 Å². The number of aromatic hydroxyl groups is 1. The van der Waals surface area contributed by atoms with Gasteiger partial charge < -0.3 is 14.3 Å². The first-order chi connectivity index (χ1) is 11.0. The van der Waals surface area contributed by atoms with Crippen molar-refractivity contribution < 1.29 is 23.4 Å². The number of carbonyl (C=O) groups excluding carboxylic acids is 1. The smallest absolute Gasteiger partial charge is 0.338 e. The van der Waals surface area contributed by atoms with E-state index in [1.807, 2.05) is 0 Å². The molecule has 23 heavy (non-hydrogen) atoms. The second kappa shape index (κ2) is 5.92. The van der Waals surface area contributed by atoms with Crippen molar-refractivity contribution in [2.75, 3.05) is 0 Å². The SMILES string of the molecule is O=C(OCc1cc(=O)oc2cc(O)ccc12)c1cccc(F)c1. The summed E-state index contributed by atoms with van der Waals surface area (Å²) >= 11 is 0. The fourth-order valence-electron chi connectivity index (χ4n) is 2.18. The molecule has 1 heterocycles. The number of hydrogen-bond acceptors (Lipinski definition) is 5. The average Bonchev–Trinajstić information content (AvgIpc) is 2.51. The molecule has 0 aliphatic heterocycles. The van der Waals surface area contributed by atoms with Crippen molar-refractivity contribution in [3.05, 3.63) is 75.9 Å². The third-order valence-corrected chi connectivity index (χ3v) is 3.23. The van der Waals surface area contributed by atoms with Gasteiger partial charge in [0.1, 0.15) is 23.8 Å². The standard InChI is InChI=1S/C17H11FO5/c18-12-3-1-2-10(6-12)17(21)22-9-11-7-16(20)23-15-8-13(19)4-5-14(11)15/h1-8,19H,9H2. The van der Waals surface area contributed by atoms with Crippen LogP contribution in [0.2, 0.25) is 0 Å². The van der Waals surface area contributed by atoms with Crippen molar-refractivity contribution in [1.82, 2.24) is 0 Å². The van der Waals surface area contributed by atoms with Crippen LogP contribution >= 0.6 is 0 Å². The molecule has 0 spiro atoms. The Morgan fingerprint density at radius 2 is 2.00 bits per heavy atom. The van der Waals surface area contributed by atoms with Crippen LogP contribution in [0.15, 0.2) is 57.7 Å². The Labute approximate surface area is 129 Å². The molecule has 116 valence electrons. The molecule has 0 aliphatic rings. The molecule has 0 radical (unpaired) electrons. The summed E-state index contributed by atoms with van der Waals surface area (Å²) in [6, 6.07) is 10.6. The molecule has 0 fully saturated rings. The lowest BCUT2D eigenvalue weighted by Gasteiger charge is -2.07. The van der Waals surface area contributed by atoms with E-state index in [0.29, 0.717) is 10.9 Å². The zero-order valence-electron chi connectivity index (χ0n) is 11.8. The highest BCUT2D eigenvalue weighted by molar-refractivity contribution is 5.89. The summed E-state index contributed by atoms with van der Waals surface area (Å²) in [6.07, 6.45) is 0. The van der Waals surface area contributed by atoms with Crippen LogP contribution in [0.3, 0.4) is 0 Å². The van der Waals surface area contributed by atoms with Crippen LogP contribution in [-0.2, 0) is 11.3 Å². The summed E-state index contributed by atoms with van der Waals surface area (Å²) in [7, 11) is 0. The molecular formula is C17H11FO5. The van der Waals surface area contributed by atoms with E-state index in [0.717, 1.165) is 6.07 Å². The number of esters is 1. The summed E-state index contributed by atoms with van der Waals surface area (Å²) in [4.78, 5) is 23.5. The van der Waals surface area contributed by atoms with E-state index in [-0.39, 0.29) is 23.5 Å². The normalized spacial score (nSPS) is 10.7. The molecule has 0 atom stereocenters. The summed E-state index contributed by atoms with van der Waals surface area (Å²) in [5.74, 6) is -1.29. The maximum Gasteiger partial charge on any atom is 0.338 e. The van der Waals surface area contributed by atoms with Crippen LogP contribution in [0.25, 0.3) is 11.0 Å².